The molecule has 1 amide bonds. The van der Waals surface area contributed by atoms with Gasteiger partial charge in [0.15, 0.2) is 0 Å². The first kappa shape index (κ1) is 20.2. The molecule has 2 unspecified atom stereocenters. The highest BCUT2D eigenvalue weighted by Crippen LogP contribution is 2.30. The van der Waals surface area contributed by atoms with Gasteiger partial charge in [0.05, 0.1) is 11.4 Å². The maximum Gasteiger partial charge on any atom is 0.227 e. The van der Waals surface area contributed by atoms with Gasteiger partial charge in [-0.25, -0.2) is 9.97 Å². The van der Waals surface area contributed by atoms with Crippen LogP contribution in [0.1, 0.15) is 49.4 Å². The SMILES string of the molecule is Cc1ccc(NC(=O)C2CCCC(C)C2)cc1Cc1ncccc1-c1ccncn1. The van der Waals surface area contributed by atoms with Crippen molar-refractivity contribution in [2.24, 2.45) is 11.8 Å². The second-order valence-corrected chi connectivity index (χ2v) is 8.37. The number of aryl methyl sites for hydroxylation is 1. The summed E-state index contributed by atoms with van der Waals surface area (Å²) in [6.45, 7) is 4.34. The van der Waals surface area contributed by atoms with Crippen LogP contribution in [-0.2, 0) is 11.2 Å². The van der Waals surface area contributed by atoms with E-state index in [0.717, 1.165) is 47.5 Å². The molecule has 5 heteroatoms. The third-order valence-electron chi connectivity index (χ3n) is 6.03. The van der Waals surface area contributed by atoms with Crippen molar-refractivity contribution in [2.75, 3.05) is 5.32 Å². The van der Waals surface area contributed by atoms with Crippen molar-refractivity contribution in [3.8, 4) is 11.3 Å². The van der Waals surface area contributed by atoms with Crippen LogP contribution in [0.5, 0.6) is 0 Å². The first-order valence-corrected chi connectivity index (χ1v) is 10.7. The van der Waals surface area contributed by atoms with Gasteiger partial charge in [-0.05, 0) is 67.1 Å². The molecule has 0 saturated heterocycles. The summed E-state index contributed by atoms with van der Waals surface area (Å²) in [5.41, 5.74) is 6.02. The fourth-order valence-electron chi connectivity index (χ4n) is 4.30. The molecule has 5 nitrogen and oxygen atoms in total. The zero-order valence-corrected chi connectivity index (χ0v) is 17.6. The van der Waals surface area contributed by atoms with E-state index in [-0.39, 0.29) is 11.8 Å². The van der Waals surface area contributed by atoms with Crippen molar-refractivity contribution in [2.45, 2.75) is 46.0 Å². The zero-order valence-electron chi connectivity index (χ0n) is 17.6. The number of nitrogens with one attached hydrogen (secondary N) is 1. The van der Waals surface area contributed by atoms with Crippen LogP contribution in [0.25, 0.3) is 11.3 Å². The molecule has 4 rings (SSSR count). The largest absolute Gasteiger partial charge is 0.326 e. The molecule has 30 heavy (non-hydrogen) atoms. The maximum absolute atomic E-state index is 12.8. The molecule has 1 aliphatic rings. The number of pyridine rings is 1. The second-order valence-electron chi connectivity index (χ2n) is 8.37. The Hall–Kier alpha value is -3.08. The van der Waals surface area contributed by atoms with E-state index in [4.69, 9.17) is 0 Å². The monoisotopic (exact) mass is 400 g/mol. The van der Waals surface area contributed by atoms with E-state index in [1.807, 2.05) is 30.5 Å². The van der Waals surface area contributed by atoms with Gasteiger partial charge in [0.2, 0.25) is 5.91 Å². The van der Waals surface area contributed by atoms with Gasteiger partial charge in [-0.2, -0.15) is 0 Å². The Balaban J connectivity index is 1.54. The number of hydrogen-bond acceptors (Lipinski definition) is 4. The lowest BCUT2D eigenvalue weighted by Gasteiger charge is -2.25. The van der Waals surface area contributed by atoms with E-state index in [1.165, 1.54) is 12.0 Å². The average Bonchev–Trinajstić information content (AvgIpc) is 2.77. The minimum absolute atomic E-state index is 0.124. The molecule has 2 atom stereocenters. The van der Waals surface area contributed by atoms with Crippen molar-refractivity contribution < 1.29 is 4.79 Å². The number of amides is 1. The number of carbonyl (C=O) groups excluding carboxylic acids is 1. The van der Waals surface area contributed by atoms with E-state index in [9.17, 15) is 4.79 Å². The summed E-state index contributed by atoms with van der Waals surface area (Å²) in [6, 6.07) is 12.0. The lowest BCUT2D eigenvalue weighted by atomic mass is 9.82. The predicted octanol–water partition coefficient (Wildman–Crippen LogP) is 5.20. The van der Waals surface area contributed by atoms with Crippen molar-refractivity contribution in [1.29, 1.82) is 0 Å². The molecule has 1 saturated carbocycles. The van der Waals surface area contributed by atoms with Crippen LogP contribution < -0.4 is 5.32 Å². The fraction of sp³-hybridized carbons (Fsp3) is 0.360. The molecule has 3 aromatic rings. The third-order valence-corrected chi connectivity index (χ3v) is 6.03. The number of carbonyl (C=O) groups is 1. The van der Waals surface area contributed by atoms with E-state index < -0.39 is 0 Å². The van der Waals surface area contributed by atoms with E-state index in [2.05, 4.69) is 46.2 Å². The summed E-state index contributed by atoms with van der Waals surface area (Å²) in [6.07, 6.45) is 10.1. The molecule has 0 aliphatic heterocycles. The fourth-order valence-corrected chi connectivity index (χ4v) is 4.30. The van der Waals surface area contributed by atoms with E-state index >= 15 is 0 Å². The van der Waals surface area contributed by atoms with E-state index in [0.29, 0.717) is 12.3 Å². The molecule has 2 aromatic heterocycles. The first-order chi connectivity index (χ1) is 14.6. The summed E-state index contributed by atoms with van der Waals surface area (Å²) in [4.78, 5) is 25.8. The molecule has 1 aliphatic carbocycles. The number of nitrogens with zero attached hydrogens (tertiary/aromatic N) is 3. The Morgan fingerprint density at radius 1 is 1.13 bits per heavy atom. The average molecular weight is 401 g/mol. The minimum Gasteiger partial charge on any atom is -0.326 e. The summed E-state index contributed by atoms with van der Waals surface area (Å²) >= 11 is 0. The molecule has 154 valence electrons. The van der Waals surface area contributed by atoms with Gasteiger partial charge in [-0.3, -0.25) is 9.78 Å². The number of rotatable bonds is 5. The van der Waals surface area contributed by atoms with Gasteiger partial charge in [0.25, 0.3) is 0 Å². The van der Waals surface area contributed by atoms with Gasteiger partial charge in [-0.1, -0.05) is 25.8 Å². The van der Waals surface area contributed by atoms with Crippen molar-refractivity contribution in [1.82, 2.24) is 15.0 Å². The standard InChI is InChI=1S/C25H28N4O/c1-17-5-3-6-19(13-17)25(30)29-21-9-8-18(2)20(14-21)15-24-22(7-4-11-27-24)23-10-12-26-16-28-23/h4,7-12,14,16-17,19H,3,5-6,13,15H2,1-2H3,(H,29,30). The molecule has 0 radical (unpaired) electrons. The molecule has 1 aromatic carbocycles. The summed E-state index contributed by atoms with van der Waals surface area (Å²) in [7, 11) is 0. The molecule has 1 fully saturated rings. The first-order valence-electron chi connectivity index (χ1n) is 10.7. The van der Waals surface area contributed by atoms with E-state index in [1.54, 1.807) is 12.5 Å². The predicted molar refractivity (Wildman–Crippen MR) is 119 cm³/mol. The Bertz CT molecular complexity index is 1020. The second kappa shape index (κ2) is 9.16. The van der Waals surface area contributed by atoms with Crippen molar-refractivity contribution in [3.63, 3.8) is 0 Å². The van der Waals surface area contributed by atoms with Crippen LogP contribution in [0.3, 0.4) is 0 Å². The Morgan fingerprint density at radius 3 is 2.83 bits per heavy atom. The lowest BCUT2D eigenvalue weighted by molar-refractivity contribution is -0.121. The van der Waals surface area contributed by atoms with Crippen LogP contribution in [0.15, 0.2) is 55.1 Å². The van der Waals surface area contributed by atoms with Gasteiger partial charge in [-0.15, -0.1) is 0 Å². The number of hydrogen-bond donors (Lipinski definition) is 1. The minimum atomic E-state index is 0.124. The van der Waals surface area contributed by atoms with Gasteiger partial charge >= 0.3 is 0 Å². The number of benzene rings is 1. The third kappa shape index (κ3) is 4.73. The van der Waals surface area contributed by atoms with Crippen LogP contribution in [0, 0.1) is 18.8 Å². The normalized spacial score (nSPS) is 18.7. The van der Waals surface area contributed by atoms with Gasteiger partial charge < -0.3 is 5.32 Å². The molecule has 2 heterocycles. The molecule has 1 N–H and O–H groups in total. The number of anilines is 1. The smallest absolute Gasteiger partial charge is 0.227 e. The van der Waals surface area contributed by atoms with Crippen LogP contribution in [-0.4, -0.2) is 20.9 Å². The lowest BCUT2D eigenvalue weighted by Crippen LogP contribution is -2.27. The summed E-state index contributed by atoms with van der Waals surface area (Å²) < 4.78 is 0. The van der Waals surface area contributed by atoms with Crippen LogP contribution >= 0.6 is 0 Å². The maximum atomic E-state index is 12.8. The van der Waals surface area contributed by atoms with Crippen molar-refractivity contribution >= 4 is 11.6 Å². The summed E-state index contributed by atoms with van der Waals surface area (Å²) in [5.74, 6) is 0.905. The highest BCUT2D eigenvalue weighted by molar-refractivity contribution is 5.92. The Morgan fingerprint density at radius 2 is 2.03 bits per heavy atom. The van der Waals surface area contributed by atoms with Crippen LogP contribution in [0.4, 0.5) is 5.69 Å². The van der Waals surface area contributed by atoms with Gasteiger partial charge in [0.1, 0.15) is 6.33 Å². The zero-order chi connectivity index (χ0) is 20.9. The van der Waals surface area contributed by atoms with Gasteiger partial charge in [0, 0.05) is 36.0 Å². The molecule has 0 spiro atoms. The highest BCUT2D eigenvalue weighted by atomic mass is 16.1. The van der Waals surface area contributed by atoms with Crippen molar-refractivity contribution in [3.05, 3.63) is 71.9 Å². The van der Waals surface area contributed by atoms with Crippen LogP contribution in [0.2, 0.25) is 0 Å². The molecule has 0 bridgehead atoms. The topological polar surface area (TPSA) is 67.8 Å². The number of aromatic nitrogens is 3. The summed E-state index contributed by atoms with van der Waals surface area (Å²) in [5, 5.41) is 3.15. The molecular weight excluding hydrogens is 372 g/mol. The Kier molecular flexibility index (Phi) is 6.17. The highest BCUT2D eigenvalue weighted by Gasteiger charge is 2.25. The molecular formula is C25H28N4O. The quantitative estimate of drug-likeness (QED) is 0.639. The Labute approximate surface area is 178 Å².